The molecule has 136 valence electrons. The van der Waals surface area contributed by atoms with Crippen molar-refractivity contribution in [3.05, 3.63) is 54.2 Å². The molecule has 0 spiro atoms. The van der Waals surface area contributed by atoms with E-state index < -0.39 is 0 Å². The molecule has 0 N–H and O–H groups in total. The molecule has 1 amide bonds. The Hall–Kier alpha value is -3.04. The molecule has 1 aliphatic heterocycles. The van der Waals surface area contributed by atoms with Gasteiger partial charge in [-0.15, -0.1) is 11.3 Å². The summed E-state index contributed by atoms with van der Waals surface area (Å²) < 4.78 is 9.11. The van der Waals surface area contributed by atoms with Crippen molar-refractivity contribution in [3.63, 3.8) is 0 Å². The summed E-state index contributed by atoms with van der Waals surface area (Å²) >= 11 is 1.53. The molecule has 1 saturated heterocycles. The van der Waals surface area contributed by atoms with Crippen molar-refractivity contribution in [3.8, 4) is 16.6 Å². The van der Waals surface area contributed by atoms with Gasteiger partial charge < -0.3 is 9.64 Å². The highest BCUT2D eigenvalue weighted by atomic mass is 32.1. The Kier molecular flexibility index (Phi) is 3.95. The molecular formula is C18H16N6O2S. The standard InChI is InChI=1S/C18H16N6O2S/c25-17(22-6-8-26-9-7-22)15-14-3-1-2-5-24(14)16(21-15)13-11-23(12-20-13)18-19-4-10-27-18/h1-5,10-12H,6-9H2. The second-order valence-corrected chi connectivity index (χ2v) is 7.00. The molecule has 8 nitrogen and oxygen atoms in total. The van der Waals surface area contributed by atoms with Crippen LogP contribution in [0.15, 0.2) is 48.5 Å². The van der Waals surface area contributed by atoms with E-state index in [1.807, 2.05) is 44.9 Å². The minimum Gasteiger partial charge on any atom is -0.378 e. The number of thiazole rings is 1. The Bertz CT molecular complexity index is 1090. The topological polar surface area (TPSA) is 77.5 Å². The van der Waals surface area contributed by atoms with Crippen LogP contribution in [-0.2, 0) is 4.74 Å². The fourth-order valence-electron chi connectivity index (χ4n) is 3.18. The third kappa shape index (κ3) is 2.81. The zero-order valence-corrected chi connectivity index (χ0v) is 15.2. The SMILES string of the molecule is O=C(c1nc(-c2cn(-c3nccs3)cn2)n2ccccc12)N1CCOCC1. The second kappa shape index (κ2) is 6.60. The predicted octanol–water partition coefficient (Wildman–Crippen LogP) is 2.12. The predicted molar refractivity (Wildman–Crippen MR) is 100 cm³/mol. The van der Waals surface area contributed by atoms with Crippen LogP contribution in [-0.4, -0.2) is 61.0 Å². The van der Waals surface area contributed by atoms with Crippen molar-refractivity contribution >= 4 is 22.8 Å². The highest BCUT2D eigenvalue weighted by molar-refractivity contribution is 7.12. The Balaban J connectivity index is 1.58. The van der Waals surface area contributed by atoms with Gasteiger partial charge >= 0.3 is 0 Å². The third-order valence-electron chi connectivity index (χ3n) is 4.50. The van der Waals surface area contributed by atoms with Crippen molar-refractivity contribution in [2.75, 3.05) is 26.3 Å². The first-order valence-corrected chi connectivity index (χ1v) is 9.47. The van der Waals surface area contributed by atoms with Crippen LogP contribution >= 0.6 is 11.3 Å². The first kappa shape index (κ1) is 16.2. The number of morpholine rings is 1. The molecule has 5 rings (SSSR count). The lowest BCUT2D eigenvalue weighted by molar-refractivity contribution is 0.0301. The smallest absolute Gasteiger partial charge is 0.274 e. The maximum atomic E-state index is 13.0. The van der Waals surface area contributed by atoms with Crippen LogP contribution in [0.1, 0.15) is 10.5 Å². The fourth-order valence-corrected chi connectivity index (χ4v) is 3.77. The number of rotatable bonds is 3. The average molecular weight is 380 g/mol. The van der Waals surface area contributed by atoms with Gasteiger partial charge in [0, 0.05) is 37.1 Å². The molecule has 27 heavy (non-hydrogen) atoms. The number of fused-ring (bicyclic) bond motifs is 1. The van der Waals surface area contributed by atoms with Crippen molar-refractivity contribution in [1.29, 1.82) is 0 Å². The maximum absolute atomic E-state index is 13.0. The zero-order valence-electron chi connectivity index (χ0n) is 14.4. The number of hydrogen-bond donors (Lipinski definition) is 0. The van der Waals surface area contributed by atoms with Crippen LogP contribution < -0.4 is 0 Å². The van der Waals surface area contributed by atoms with Crippen LogP contribution in [0.3, 0.4) is 0 Å². The van der Waals surface area contributed by atoms with Crippen molar-refractivity contribution in [2.24, 2.45) is 0 Å². The summed E-state index contributed by atoms with van der Waals surface area (Å²) in [6, 6.07) is 5.73. The molecule has 0 bridgehead atoms. The maximum Gasteiger partial charge on any atom is 0.274 e. The molecule has 0 aliphatic carbocycles. The number of hydrogen-bond acceptors (Lipinski definition) is 6. The number of nitrogens with zero attached hydrogens (tertiary/aromatic N) is 6. The molecule has 9 heteroatoms. The van der Waals surface area contributed by atoms with E-state index in [9.17, 15) is 4.79 Å². The minimum atomic E-state index is -0.0763. The van der Waals surface area contributed by atoms with Crippen molar-refractivity contribution < 1.29 is 9.53 Å². The van der Waals surface area contributed by atoms with Crippen LogP contribution in [0.5, 0.6) is 0 Å². The van der Waals surface area contributed by atoms with E-state index in [-0.39, 0.29) is 5.91 Å². The Morgan fingerprint density at radius 2 is 2.07 bits per heavy atom. The van der Waals surface area contributed by atoms with Gasteiger partial charge in [-0.25, -0.2) is 15.0 Å². The van der Waals surface area contributed by atoms with Gasteiger partial charge in [0.15, 0.2) is 16.6 Å². The number of carbonyl (C=O) groups is 1. The Labute approximate surface area is 158 Å². The summed E-state index contributed by atoms with van der Waals surface area (Å²) in [5.74, 6) is 0.560. The molecule has 0 aromatic carbocycles. The molecular weight excluding hydrogens is 364 g/mol. The highest BCUT2D eigenvalue weighted by Crippen LogP contribution is 2.24. The van der Waals surface area contributed by atoms with Gasteiger partial charge in [0.25, 0.3) is 5.91 Å². The van der Waals surface area contributed by atoms with Crippen LogP contribution in [0, 0.1) is 0 Å². The first-order valence-electron chi connectivity index (χ1n) is 8.59. The summed E-state index contributed by atoms with van der Waals surface area (Å²) in [6.07, 6.45) is 7.24. The minimum absolute atomic E-state index is 0.0763. The van der Waals surface area contributed by atoms with Gasteiger partial charge in [0.1, 0.15) is 12.0 Å². The van der Waals surface area contributed by atoms with Gasteiger partial charge in [-0.2, -0.15) is 0 Å². The zero-order chi connectivity index (χ0) is 18.2. The Morgan fingerprint density at radius 1 is 1.19 bits per heavy atom. The molecule has 1 aliphatic rings. The van der Waals surface area contributed by atoms with E-state index >= 15 is 0 Å². The van der Waals surface area contributed by atoms with Gasteiger partial charge in [-0.3, -0.25) is 13.8 Å². The van der Waals surface area contributed by atoms with Crippen molar-refractivity contribution in [1.82, 2.24) is 28.8 Å². The highest BCUT2D eigenvalue weighted by Gasteiger charge is 2.25. The number of pyridine rings is 1. The van der Waals surface area contributed by atoms with Crippen LogP contribution in [0.2, 0.25) is 0 Å². The summed E-state index contributed by atoms with van der Waals surface area (Å²) in [4.78, 5) is 28.2. The number of imidazole rings is 2. The van der Waals surface area contributed by atoms with E-state index in [0.717, 1.165) is 10.6 Å². The normalized spacial score (nSPS) is 14.7. The average Bonchev–Trinajstić information content (AvgIpc) is 3.46. The van der Waals surface area contributed by atoms with Gasteiger partial charge in [0.05, 0.1) is 18.7 Å². The lowest BCUT2D eigenvalue weighted by atomic mass is 10.3. The van der Waals surface area contributed by atoms with Gasteiger partial charge in [-0.05, 0) is 12.1 Å². The third-order valence-corrected chi connectivity index (χ3v) is 5.29. The molecule has 4 aromatic rings. The van der Waals surface area contributed by atoms with Crippen LogP contribution in [0.4, 0.5) is 0 Å². The van der Waals surface area contributed by atoms with E-state index in [0.29, 0.717) is 43.5 Å². The first-order chi connectivity index (χ1) is 13.3. The monoisotopic (exact) mass is 380 g/mol. The molecule has 5 heterocycles. The summed E-state index contributed by atoms with van der Waals surface area (Å²) in [7, 11) is 0. The lowest BCUT2D eigenvalue weighted by Gasteiger charge is -2.26. The lowest BCUT2D eigenvalue weighted by Crippen LogP contribution is -2.40. The quantitative estimate of drug-likeness (QED) is 0.544. The fraction of sp³-hybridized carbons (Fsp3) is 0.222. The van der Waals surface area contributed by atoms with Gasteiger partial charge in [-0.1, -0.05) is 6.07 Å². The summed E-state index contributed by atoms with van der Waals surface area (Å²) in [5, 5.41) is 2.75. The number of ether oxygens (including phenoxy) is 1. The molecule has 0 atom stereocenters. The molecule has 0 saturated carbocycles. The summed E-state index contributed by atoms with van der Waals surface area (Å²) in [6.45, 7) is 2.28. The van der Waals surface area contributed by atoms with Gasteiger partial charge in [0.2, 0.25) is 0 Å². The molecule has 0 unspecified atom stereocenters. The number of aromatic nitrogens is 5. The number of carbonyl (C=O) groups excluding carboxylic acids is 1. The summed E-state index contributed by atoms with van der Waals surface area (Å²) in [5.41, 5.74) is 1.90. The molecule has 0 radical (unpaired) electrons. The molecule has 1 fully saturated rings. The van der Waals surface area contributed by atoms with Crippen molar-refractivity contribution in [2.45, 2.75) is 0 Å². The number of amides is 1. The Morgan fingerprint density at radius 3 is 2.89 bits per heavy atom. The molecule has 4 aromatic heterocycles. The van der Waals surface area contributed by atoms with E-state index in [1.54, 1.807) is 17.4 Å². The van der Waals surface area contributed by atoms with Crippen LogP contribution in [0.25, 0.3) is 22.2 Å². The second-order valence-electron chi connectivity index (χ2n) is 6.13. The van der Waals surface area contributed by atoms with E-state index in [1.165, 1.54) is 11.3 Å². The van der Waals surface area contributed by atoms with E-state index in [4.69, 9.17) is 4.74 Å². The largest absolute Gasteiger partial charge is 0.378 e. The van der Waals surface area contributed by atoms with E-state index in [2.05, 4.69) is 15.0 Å².